The van der Waals surface area contributed by atoms with E-state index in [9.17, 15) is 4.79 Å². The van der Waals surface area contributed by atoms with Crippen molar-refractivity contribution < 1.29 is 14.3 Å². The highest BCUT2D eigenvalue weighted by molar-refractivity contribution is 9.10. The molecular formula is C12H13BrO3. The highest BCUT2D eigenvalue weighted by atomic mass is 79.9. The Kier molecular flexibility index (Phi) is 3.49. The van der Waals surface area contributed by atoms with Crippen molar-refractivity contribution in [3.05, 3.63) is 22.7 Å². The molecule has 1 aliphatic rings. The number of carbonyl (C=O) groups excluding carboxylic acids is 1. The maximum absolute atomic E-state index is 11.5. The van der Waals surface area contributed by atoms with Crippen LogP contribution in [0.5, 0.6) is 11.5 Å². The van der Waals surface area contributed by atoms with Gasteiger partial charge in [0, 0.05) is 10.4 Å². The summed E-state index contributed by atoms with van der Waals surface area (Å²) in [5, 5.41) is 0. The van der Waals surface area contributed by atoms with Gasteiger partial charge in [0.1, 0.15) is 6.61 Å². The fraction of sp³-hybridized carbons (Fsp3) is 0.417. The Morgan fingerprint density at radius 3 is 2.81 bits per heavy atom. The van der Waals surface area contributed by atoms with Crippen LogP contribution in [0, 0.1) is 5.92 Å². The van der Waals surface area contributed by atoms with Crippen LogP contribution < -0.4 is 9.47 Å². The fourth-order valence-electron chi connectivity index (χ4n) is 1.43. The number of carbonyl (C=O) groups is 1. The number of benzene rings is 1. The van der Waals surface area contributed by atoms with Crippen molar-refractivity contribution >= 4 is 21.7 Å². The van der Waals surface area contributed by atoms with Crippen molar-refractivity contribution in [2.45, 2.75) is 12.8 Å². The Hall–Kier alpha value is -1.03. The fourth-order valence-corrected chi connectivity index (χ4v) is 1.77. The molecular weight excluding hydrogens is 272 g/mol. The third kappa shape index (κ3) is 2.76. The summed E-state index contributed by atoms with van der Waals surface area (Å²) in [4.78, 5) is 11.5. The summed E-state index contributed by atoms with van der Waals surface area (Å²) in [6.45, 7) is 0.142. The lowest BCUT2D eigenvalue weighted by Crippen LogP contribution is -2.13. The lowest BCUT2D eigenvalue weighted by molar-refractivity contribution is -0.122. The summed E-state index contributed by atoms with van der Waals surface area (Å²) < 4.78 is 11.5. The van der Waals surface area contributed by atoms with Crippen molar-refractivity contribution in [1.29, 1.82) is 0 Å². The SMILES string of the molecule is COc1cc(Br)ccc1OCC(=O)C1CC1. The number of halogens is 1. The molecule has 4 heteroatoms. The molecule has 0 radical (unpaired) electrons. The molecule has 2 rings (SSSR count). The topological polar surface area (TPSA) is 35.5 Å². The van der Waals surface area contributed by atoms with Gasteiger partial charge in [-0.1, -0.05) is 15.9 Å². The van der Waals surface area contributed by atoms with E-state index < -0.39 is 0 Å². The number of rotatable bonds is 5. The normalized spacial score (nSPS) is 14.6. The molecule has 0 N–H and O–H groups in total. The molecule has 1 aromatic carbocycles. The molecule has 0 amide bonds. The van der Waals surface area contributed by atoms with Gasteiger partial charge in [0.15, 0.2) is 17.3 Å². The van der Waals surface area contributed by atoms with E-state index >= 15 is 0 Å². The predicted molar refractivity (Wildman–Crippen MR) is 63.9 cm³/mol. The third-order valence-electron chi connectivity index (χ3n) is 2.53. The van der Waals surface area contributed by atoms with Gasteiger partial charge in [-0.25, -0.2) is 0 Å². The summed E-state index contributed by atoms with van der Waals surface area (Å²) in [6.07, 6.45) is 2.03. The van der Waals surface area contributed by atoms with E-state index in [4.69, 9.17) is 9.47 Å². The van der Waals surface area contributed by atoms with Crippen LogP contribution in [-0.2, 0) is 4.79 Å². The molecule has 1 saturated carbocycles. The van der Waals surface area contributed by atoms with Crippen LogP contribution in [0.3, 0.4) is 0 Å². The third-order valence-corrected chi connectivity index (χ3v) is 3.02. The van der Waals surface area contributed by atoms with Gasteiger partial charge in [-0.15, -0.1) is 0 Å². The zero-order chi connectivity index (χ0) is 11.5. The molecule has 0 spiro atoms. The van der Waals surface area contributed by atoms with Gasteiger partial charge in [-0.2, -0.15) is 0 Å². The number of methoxy groups -OCH3 is 1. The van der Waals surface area contributed by atoms with E-state index in [0.29, 0.717) is 11.5 Å². The molecule has 16 heavy (non-hydrogen) atoms. The first-order chi connectivity index (χ1) is 7.70. The maximum Gasteiger partial charge on any atom is 0.173 e. The summed E-state index contributed by atoms with van der Waals surface area (Å²) >= 11 is 3.35. The minimum Gasteiger partial charge on any atom is -0.493 e. The number of hydrogen-bond acceptors (Lipinski definition) is 3. The second-order valence-corrected chi connectivity index (χ2v) is 4.74. The van der Waals surface area contributed by atoms with E-state index in [1.54, 1.807) is 13.2 Å². The molecule has 1 aliphatic carbocycles. The van der Waals surface area contributed by atoms with Crippen LogP contribution in [0.15, 0.2) is 22.7 Å². The molecule has 0 aromatic heterocycles. The van der Waals surface area contributed by atoms with Crippen LogP contribution in [-0.4, -0.2) is 19.5 Å². The molecule has 3 nitrogen and oxygen atoms in total. The zero-order valence-corrected chi connectivity index (χ0v) is 10.6. The number of Topliss-reactive ketones (excluding diaryl/α,β-unsaturated/α-hetero) is 1. The lowest BCUT2D eigenvalue weighted by atomic mass is 10.3. The molecule has 86 valence electrons. The monoisotopic (exact) mass is 284 g/mol. The van der Waals surface area contributed by atoms with Crippen molar-refractivity contribution in [1.82, 2.24) is 0 Å². The Bertz CT molecular complexity index is 399. The Morgan fingerprint density at radius 1 is 1.44 bits per heavy atom. The Balaban J connectivity index is 1.99. The summed E-state index contributed by atoms with van der Waals surface area (Å²) in [7, 11) is 1.58. The zero-order valence-electron chi connectivity index (χ0n) is 9.03. The quantitative estimate of drug-likeness (QED) is 0.834. The standard InChI is InChI=1S/C12H13BrO3/c1-15-12-6-9(13)4-5-11(12)16-7-10(14)8-2-3-8/h4-6,8H,2-3,7H2,1H3. The van der Waals surface area contributed by atoms with Crippen molar-refractivity contribution in [2.24, 2.45) is 5.92 Å². The minimum absolute atomic E-state index is 0.142. The van der Waals surface area contributed by atoms with Crippen molar-refractivity contribution in [2.75, 3.05) is 13.7 Å². The largest absolute Gasteiger partial charge is 0.493 e. The highest BCUT2D eigenvalue weighted by Crippen LogP contribution is 2.32. The first kappa shape index (κ1) is 11.5. The van der Waals surface area contributed by atoms with Gasteiger partial charge >= 0.3 is 0 Å². The number of ketones is 1. The number of ether oxygens (including phenoxy) is 2. The molecule has 0 saturated heterocycles. The van der Waals surface area contributed by atoms with Crippen molar-refractivity contribution in [3.8, 4) is 11.5 Å². The van der Waals surface area contributed by atoms with E-state index in [1.807, 2.05) is 12.1 Å². The summed E-state index contributed by atoms with van der Waals surface area (Å²) in [5.41, 5.74) is 0. The van der Waals surface area contributed by atoms with Gasteiger partial charge in [0.05, 0.1) is 7.11 Å². The van der Waals surface area contributed by atoms with E-state index in [1.165, 1.54) is 0 Å². The van der Waals surface area contributed by atoms with Gasteiger partial charge in [0.2, 0.25) is 0 Å². The van der Waals surface area contributed by atoms with Crippen LogP contribution in [0.25, 0.3) is 0 Å². The summed E-state index contributed by atoms with van der Waals surface area (Å²) in [6, 6.07) is 5.47. The summed E-state index contributed by atoms with van der Waals surface area (Å²) in [5.74, 6) is 1.67. The van der Waals surface area contributed by atoms with E-state index in [-0.39, 0.29) is 18.3 Å². The van der Waals surface area contributed by atoms with Crippen LogP contribution in [0.1, 0.15) is 12.8 Å². The molecule has 0 heterocycles. The minimum atomic E-state index is 0.142. The molecule has 1 aromatic rings. The molecule has 0 bridgehead atoms. The Morgan fingerprint density at radius 2 is 2.19 bits per heavy atom. The second-order valence-electron chi connectivity index (χ2n) is 3.82. The van der Waals surface area contributed by atoms with E-state index in [0.717, 1.165) is 17.3 Å². The molecule has 1 fully saturated rings. The first-order valence-corrected chi connectivity index (χ1v) is 5.99. The smallest absolute Gasteiger partial charge is 0.173 e. The lowest BCUT2D eigenvalue weighted by Gasteiger charge is -2.10. The second kappa shape index (κ2) is 4.87. The Labute approximate surface area is 103 Å². The number of hydrogen-bond donors (Lipinski definition) is 0. The van der Waals surface area contributed by atoms with Gasteiger partial charge < -0.3 is 9.47 Å². The highest BCUT2D eigenvalue weighted by Gasteiger charge is 2.29. The van der Waals surface area contributed by atoms with Crippen LogP contribution >= 0.6 is 15.9 Å². The maximum atomic E-state index is 11.5. The molecule has 0 atom stereocenters. The average molecular weight is 285 g/mol. The van der Waals surface area contributed by atoms with Crippen LogP contribution in [0.4, 0.5) is 0 Å². The molecule has 0 unspecified atom stereocenters. The van der Waals surface area contributed by atoms with E-state index in [2.05, 4.69) is 15.9 Å². The molecule has 0 aliphatic heterocycles. The van der Waals surface area contributed by atoms with Gasteiger partial charge in [0.25, 0.3) is 0 Å². The van der Waals surface area contributed by atoms with Crippen LogP contribution in [0.2, 0.25) is 0 Å². The first-order valence-electron chi connectivity index (χ1n) is 5.20. The van der Waals surface area contributed by atoms with Gasteiger partial charge in [-0.05, 0) is 31.0 Å². The predicted octanol–water partition coefficient (Wildman–Crippen LogP) is 2.82. The van der Waals surface area contributed by atoms with Crippen molar-refractivity contribution in [3.63, 3.8) is 0 Å². The average Bonchev–Trinajstić information content (AvgIpc) is 3.10. The van der Waals surface area contributed by atoms with Gasteiger partial charge in [-0.3, -0.25) is 4.79 Å².